The van der Waals surface area contributed by atoms with Crippen molar-refractivity contribution in [2.75, 3.05) is 17.3 Å². The monoisotopic (exact) mass is 208 g/mol. The highest BCUT2D eigenvalue weighted by molar-refractivity contribution is 5.70. The number of aromatic nitrogens is 3. The van der Waals surface area contributed by atoms with E-state index in [0.717, 1.165) is 29.6 Å². The van der Waals surface area contributed by atoms with Crippen molar-refractivity contribution in [1.29, 1.82) is 0 Å². The van der Waals surface area contributed by atoms with Gasteiger partial charge in [-0.05, 0) is 12.8 Å². The van der Waals surface area contributed by atoms with Gasteiger partial charge in [0.2, 0.25) is 5.95 Å². The predicted octanol–water partition coefficient (Wildman–Crippen LogP) is 0.139. The van der Waals surface area contributed by atoms with E-state index in [2.05, 4.69) is 4.98 Å². The summed E-state index contributed by atoms with van der Waals surface area (Å²) >= 11 is 0. The third-order valence-electron chi connectivity index (χ3n) is 2.70. The fourth-order valence-electron chi connectivity index (χ4n) is 1.96. The van der Waals surface area contributed by atoms with Gasteiger partial charge in [-0.3, -0.25) is 0 Å². The Morgan fingerprint density at radius 1 is 1.20 bits per heavy atom. The van der Waals surface area contributed by atoms with Crippen molar-refractivity contribution in [2.45, 2.75) is 26.7 Å². The molecule has 0 aliphatic carbocycles. The van der Waals surface area contributed by atoms with E-state index in [1.54, 1.807) is 4.52 Å². The first kappa shape index (κ1) is 9.70. The van der Waals surface area contributed by atoms with Crippen LogP contribution in [0, 0.1) is 0 Å². The van der Waals surface area contributed by atoms with Crippen LogP contribution in [0.2, 0.25) is 0 Å². The normalized spacial score (nSPS) is 11.3. The standard InChI is InChI=1S/C9H16N6/c1-3-5-7-6(4-2)13-9(11)14(7)15(12)8(5)10/h3-4,10,12H2,1-2H3,(H2,11,13). The highest BCUT2D eigenvalue weighted by Crippen LogP contribution is 2.26. The van der Waals surface area contributed by atoms with Gasteiger partial charge >= 0.3 is 0 Å². The number of nitrogens with two attached hydrogens (primary N) is 3. The molecular weight excluding hydrogens is 192 g/mol. The molecule has 0 amide bonds. The average molecular weight is 208 g/mol. The molecule has 0 unspecified atom stereocenters. The van der Waals surface area contributed by atoms with Gasteiger partial charge in [-0.1, -0.05) is 13.8 Å². The second-order valence-corrected chi connectivity index (χ2v) is 3.49. The molecule has 6 N–H and O–H groups in total. The van der Waals surface area contributed by atoms with Crippen molar-refractivity contribution in [3.05, 3.63) is 11.3 Å². The molecule has 2 aromatic rings. The Morgan fingerprint density at radius 2 is 1.87 bits per heavy atom. The van der Waals surface area contributed by atoms with Crippen molar-refractivity contribution in [1.82, 2.24) is 14.3 Å². The van der Waals surface area contributed by atoms with Crippen molar-refractivity contribution in [3.63, 3.8) is 0 Å². The van der Waals surface area contributed by atoms with Gasteiger partial charge in [-0.15, -0.1) is 0 Å². The Bertz CT molecular complexity index is 506. The molecule has 6 nitrogen and oxygen atoms in total. The quantitative estimate of drug-likeness (QED) is 0.611. The van der Waals surface area contributed by atoms with E-state index in [9.17, 15) is 0 Å². The molecule has 0 aromatic carbocycles. The molecule has 82 valence electrons. The summed E-state index contributed by atoms with van der Waals surface area (Å²) < 4.78 is 1.66. The van der Waals surface area contributed by atoms with Crippen molar-refractivity contribution < 1.29 is 0 Å². The number of nitrogens with zero attached hydrogens (tertiary/aromatic N) is 3. The molecule has 0 spiro atoms. The molecule has 0 radical (unpaired) electrons. The molecule has 6 heteroatoms. The van der Waals surface area contributed by atoms with E-state index in [-0.39, 0.29) is 0 Å². The first-order chi connectivity index (χ1) is 7.11. The molecule has 0 saturated carbocycles. The van der Waals surface area contributed by atoms with Crippen LogP contribution in [0.25, 0.3) is 5.52 Å². The molecule has 0 fully saturated rings. The number of aryl methyl sites for hydroxylation is 2. The zero-order valence-electron chi connectivity index (χ0n) is 8.99. The van der Waals surface area contributed by atoms with Crippen LogP contribution in [-0.2, 0) is 12.8 Å². The Labute approximate surface area is 87.6 Å². The first-order valence-electron chi connectivity index (χ1n) is 5.02. The van der Waals surface area contributed by atoms with Crippen LogP contribution in [0.15, 0.2) is 0 Å². The predicted molar refractivity (Wildman–Crippen MR) is 60.9 cm³/mol. The maximum Gasteiger partial charge on any atom is 0.222 e. The van der Waals surface area contributed by atoms with Crippen molar-refractivity contribution in [2.24, 2.45) is 0 Å². The van der Waals surface area contributed by atoms with Crippen LogP contribution in [0.1, 0.15) is 25.1 Å². The number of imidazole rings is 1. The fourth-order valence-corrected chi connectivity index (χ4v) is 1.96. The van der Waals surface area contributed by atoms with Gasteiger partial charge in [0.1, 0.15) is 5.82 Å². The van der Waals surface area contributed by atoms with Crippen LogP contribution in [0.4, 0.5) is 11.8 Å². The second kappa shape index (κ2) is 3.08. The minimum absolute atomic E-state index is 0.385. The summed E-state index contributed by atoms with van der Waals surface area (Å²) in [4.78, 5) is 5.62. The van der Waals surface area contributed by atoms with E-state index in [0.29, 0.717) is 11.8 Å². The molecule has 2 aromatic heterocycles. The van der Waals surface area contributed by atoms with Crippen LogP contribution < -0.4 is 17.3 Å². The summed E-state index contributed by atoms with van der Waals surface area (Å²) in [6, 6.07) is 0. The summed E-state index contributed by atoms with van der Waals surface area (Å²) in [5, 5.41) is 0. The Balaban J connectivity index is 2.92. The van der Waals surface area contributed by atoms with Gasteiger partial charge in [0.15, 0.2) is 0 Å². The van der Waals surface area contributed by atoms with Gasteiger partial charge in [0, 0.05) is 5.56 Å². The number of anilines is 2. The average Bonchev–Trinajstić information content (AvgIpc) is 2.67. The molecule has 0 aliphatic heterocycles. The van der Waals surface area contributed by atoms with Crippen LogP contribution >= 0.6 is 0 Å². The lowest BCUT2D eigenvalue weighted by atomic mass is 10.1. The molecule has 0 saturated heterocycles. The van der Waals surface area contributed by atoms with Crippen molar-refractivity contribution >= 4 is 17.3 Å². The van der Waals surface area contributed by atoms with E-state index in [1.807, 2.05) is 13.8 Å². The van der Waals surface area contributed by atoms with Crippen LogP contribution in [0.3, 0.4) is 0 Å². The third kappa shape index (κ3) is 1.07. The van der Waals surface area contributed by atoms with E-state index >= 15 is 0 Å². The first-order valence-corrected chi connectivity index (χ1v) is 5.02. The maximum atomic E-state index is 5.90. The van der Waals surface area contributed by atoms with Gasteiger partial charge in [-0.25, -0.2) is 4.98 Å². The second-order valence-electron chi connectivity index (χ2n) is 3.49. The van der Waals surface area contributed by atoms with Crippen molar-refractivity contribution in [3.8, 4) is 0 Å². The highest BCUT2D eigenvalue weighted by Gasteiger charge is 2.19. The highest BCUT2D eigenvalue weighted by atomic mass is 15.6. The van der Waals surface area contributed by atoms with E-state index in [1.165, 1.54) is 4.79 Å². The molecule has 2 heterocycles. The lowest BCUT2D eigenvalue weighted by Crippen LogP contribution is -2.18. The van der Waals surface area contributed by atoms with Gasteiger partial charge < -0.3 is 17.3 Å². The molecular formula is C9H16N6. The van der Waals surface area contributed by atoms with Gasteiger partial charge in [-0.2, -0.15) is 9.31 Å². The zero-order valence-corrected chi connectivity index (χ0v) is 8.99. The SMILES string of the molecule is CCc1nc(N)n2c1c(CC)c(N)n2N. The van der Waals surface area contributed by atoms with Crippen LogP contribution in [-0.4, -0.2) is 14.3 Å². The number of fused-ring (bicyclic) bond motifs is 1. The number of nitrogen functional groups attached to an aromatic ring is 3. The Hall–Kier alpha value is -1.85. The summed E-state index contributed by atoms with van der Waals surface area (Å²) in [5.74, 6) is 6.76. The number of hydrogen-bond acceptors (Lipinski definition) is 4. The minimum atomic E-state index is 0.385. The van der Waals surface area contributed by atoms with Gasteiger partial charge in [0.05, 0.1) is 11.2 Å². The third-order valence-corrected chi connectivity index (χ3v) is 2.70. The Morgan fingerprint density at radius 3 is 2.40 bits per heavy atom. The van der Waals surface area contributed by atoms with Crippen LogP contribution in [0.5, 0.6) is 0 Å². The number of rotatable bonds is 2. The van der Waals surface area contributed by atoms with E-state index < -0.39 is 0 Å². The maximum absolute atomic E-state index is 5.90. The molecule has 2 rings (SSSR count). The minimum Gasteiger partial charge on any atom is -0.382 e. The molecule has 0 aliphatic rings. The summed E-state index contributed by atoms with van der Waals surface area (Å²) in [6.07, 6.45) is 1.63. The zero-order chi connectivity index (χ0) is 11.2. The summed E-state index contributed by atoms with van der Waals surface area (Å²) in [5.41, 5.74) is 14.6. The Kier molecular flexibility index (Phi) is 1.99. The smallest absolute Gasteiger partial charge is 0.222 e. The van der Waals surface area contributed by atoms with Gasteiger partial charge in [0.25, 0.3) is 0 Å². The summed E-state index contributed by atoms with van der Waals surface area (Å²) in [7, 11) is 0. The summed E-state index contributed by atoms with van der Waals surface area (Å²) in [6.45, 7) is 4.07. The molecule has 0 atom stereocenters. The largest absolute Gasteiger partial charge is 0.382 e. The van der Waals surface area contributed by atoms with E-state index in [4.69, 9.17) is 17.3 Å². The molecule has 0 bridgehead atoms. The number of hydrogen-bond donors (Lipinski definition) is 3. The topological polar surface area (TPSA) is 100 Å². The lowest BCUT2D eigenvalue weighted by molar-refractivity contribution is 0.776. The molecule has 15 heavy (non-hydrogen) atoms. The lowest BCUT2D eigenvalue weighted by Gasteiger charge is -1.99. The fraction of sp³-hybridized carbons (Fsp3) is 0.444.